The number of anilines is 1. The zero-order valence-corrected chi connectivity index (χ0v) is 15.2. The Bertz CT molecular complexity index is 1030. The lowest BCUT2D eigenvalue weighted by Crippen LogP contribution is -2.14. The largest absolute Gasteiger partial charge is 0.352 e. The molecule has 6 heteroatoms. The first-order chi connectivity index (χ1) is 12.6. The summed E-state index contributed by atoms with van der Waals surface area (Å²) in [6.07, 6.45) is 8.35. The maximum atomic E-state index is 4.85. The van der Waals surface area contributed by atoms with Crippen LogP contribution in [0.3, 0.4) is 0 Å². The first-order valence-electron chi connectivity index (χ1n) is 9.22. The van der Waals surface area contributed by atoms with Crippen LogP contribution in [-0.4, -0.2) is 31.8 Å². The van der Waals surface area contributed by atoms with Crippen LogP contribution in [0.1, 0.15) is 38.8 Å². The maximum Gasteiger partial charge on any atom is 0.241 e. The number of aryl methyl sites for hydroxylation is 1. The lowest BCUT2D eigenvalue weighted by atomic mass is 10.1. The number of hydrogen-bond acceptors (Lipinski definition) is 5. The van der Waals surface area contributed by atoms with Gasteiger partial charge in [-0.3, -0.25) is 9.98 Å². The van der Waals surface area contributed by atoms with E-state index in [1.54, 1.807) is 0 Å². The summed E-state index contributed by atoms with van der Waals surface area (Å²) in [6.45, 7) is 5.29. The molecule has 0 bridgehead atoms. The molecule has 1 fully saturated rings. The SMILES string of the molecule is CC1=Nc2ccc(-c3ccn4nc(NCC5(C)CC5)ncc34)nc2CC1. The van der Waals surface area contributed by atoms with E-state index < -0.39 is 0 Å². The van der Waals surface area contributed by atoms with Crippen molar-refractivity contribution in [1.29, 1.82) is 0 Å². The minimum atomic E-state index is 0.425. The molecule has 2 aliphatic rings. The molecular weight excluding hydrogens is 324 g/mol. The lowest BCUT2D eigenvalue weighted by molar-refractivity contribution is 0.606. The monoisotopic (exact) mass is 346 g/mol. The fourth-order valence-electron chi connectivity index (χ4n) is 3.37. The summed E-state index contributed by atoms with van der Waals surface area (Å²) in [5.41, 5.74) is 6.65. The van der Waals surface area contributed by atoms with Crippen LogP contribution in [-0.2, 0) is 6.42 Å². The van der Waals surface area contributed by atoms with Crippen molar-refractivity contribution >= 4 is 22.9 Å². The predicted molar refractivity (Wildman–Crippen MR) is 103 cm³/mol. The van der Waals surface area contributed by atoms with E-state index in [2.05, 4.69) is 46.4 Å². The van der Waals surface area contributed by atoms with Gasteiger partial charge in [0.25, 0.3) is 0 Å². The van der Waals surface area contributed by atoms with Crippen molar-refractivity contribution in [3.63, 3.8) is 0 Å². The molecule has 0 saturated heterocycles. The van der Waals surface area contributed by atoms with Crippen LogP contribution in [0.4, 0.5) is 11.6 Å². The molecule has 4 heterocycles. The summed E-state index contributed by atoms with van der Waals surface area (Å²) in [5.74, 6) is 0.677. The highest BCUT2D eigenvalue weighted by molar-refractivity contribution is 5.87. The molecule has 1 saturated carbocycles. The van der Waals surface area contributed by atoms with Gasteiger partial charge in [0.15, 0.2) is 0 Å². The van der Waals surface area contributed by atoms with Gasteiger partial charge in [0.05, 0.1) is 28.8 Å². The number of fused-ring (bicyclic) bond motifs is 2. The molecule has 3 aromatic rings. The zero-order chi connectivity index (χ0) is 17.7. The second-order valence-electron chi connectivity index (χ2n) is 7.81. The molecule has 1 N–H and O–H groups in total. The first kappa shape index (κ1) is 15.5. The van der Waals surface area contributed by atoms with Crippen LogP contribution >= 0.6 is 0 Å². The van der Waals surface area contributed by atoms with Crippen LogP contribution in [0, 0.1) is 5.41 Å². The highest BCUT2D eigenvalue weighted by Gasteiger charge is 2.37. The first-order valence-corrected chi connectivity index (χ1v) is 9.22. The molecule has 1 aliphatic carbocycles. The Morgan fingerprint density at radius 2 is 2.08 bits per heavy atom. The van der Waals surface area contributed by atoms with Crippen molar-refractivity contribution in [3.05, 3.63) is 36.3 Å². The van der Waals surface area contributed by atoms with Gasteiger partial charge in [-0.1, -0.05) is 6.92 Å². The Labute approximate surface area is 152 Å². The van der Waals surface area contributed by atoms with Crippen molar-refractivity contribution < 1.29 is 0 Å². The molecule has 5 rings (SSSR count). The summed E-state index contributed by atoms with van der Waals surface area (Å²) in [7, 11) is 0. The summed E-state index contributed by atoms with van der Waals surface area (Å²) >= 11 is 0. The van der Waals surface area contributed by atoms with E-state index in [1.165, 1.54) is 18.6 Å². The number of nitrogens with one attached hydrogen (secondary N) is 1. The Hall–Kier alpha value is -2.76. The van der Waals surface area contributed by atoms with Crippen LogP contribution in [0.2, 0.25) is 0 Å². The Kier molecular flexibility index (Phi) is 3.35. The minimum absolute atomic E-state index is 0.425. The van der Waals surface area contributed by atoms with Gasteiger partial charge in [-0.2, -0.15) is 0 Å². The van der Waals surface area contributed by atoms with Gasteiger partial charge in [0.1, 0.15) is 0 Å². The van der Waals surface area contributed by atoms with Crippen LogP contribution in [0.5, 0.6) is 0 Å². The third-order valence-corrected chi connectivity index (χ3v) is 5.45. The molecule has 0 aromatic carbocycles. The Morgan fingerprint density at radius 1 is 1.19 bits per heavy atom. The zero-order valence-electron chi connectivity index (χ0n) is 15.2. The summed E-state index contributed by atoms with van der Waals surface area (Å²) in [6, 6.07) is 6.16. The van der Waals surface area contributed by atoms with Gasteiger partial charge in [0.2, 0.25) is 5.95 Å². The summed E-state index contributed by atoms with van der Waals surface area (Å²) in [4.78, 5) is 14.0. The van der Waals surface area contributed by atoms with E-state index in [1.807, 2.05) is 23.0 Å². The number of nitrogens with zero attached hydrogens (tertiary/aromatic N) is 5. The van der Waals surface area contributed by atoms with E-state index in [0.717, 1.165) is 47.5 Å². The number of hydrogen-bond donors (Lipinski definition) is 1. The average Bonchev–Trinajstić information content (AvgIpc) is 3.24. The molecule has 0 unspecified atom stereocenters. The van der Waals surface area contributed by atoms with Gasteiger partial charge < -0.3 is 5.32 Å². The predicted octanol–water partition coefficient (Wildman–Crippen LogP) is 4.04. The van der Waals surface area contributed by atoms with Crippen LogP contribution in [0.25, 0.3) is 16.8 Å². The number of aliphatic imine (C=N–C) groups is 1. The second-order valence-corrected chi connectivity index (χ2v) is 7.81. The van der Waals surface area contributed by atoms with Gasteiger partial charge in [-0.05, 0) is 56.2 Å². The summed E-state index contributed by atoms with van der Waals surface area (Å²) in [5, 5.41) is 7.95. The highest BCUT2D eigenvalue weighted by atomic mass is 15.3. The quantitative estimate of drug-likeness (QED) is 0.774. The minimum Gasteiger partial charge on any atom is -0.352 e. The summed E-state index contributed by atoms with van der Waals surface area (Å²) < 4.78 is 1.88. The lowest BCUT2D eigenvalue weighted by Gasteiger charge is -2.13. The highest BCUT2D eigenvalue weighted by Crippen LogP contribution is 2.44. The van der Waals surface area contributed by atoms with Crippen molar-refractivity contribution in [2.24, 2.45) is 10.4 Å². The second kappa shape index (κ2) is 5.62. The smallest absolute Gasteiger partial charge is 0.241 e. The number of pyridine rings is 1. The van der Waals surface area contributed by atoms with Crippen LogP contribution in [0.15, 0.2) is 35.6 Å². The van der Waals surface area contributed by atoms with Crippen LogP contribution < -0.4 is 5.32 Å². The Morgan fingerprint density at radius 3 is 2.92 bits per heavy atom. The molecule has 132 valence electrons. The topological polar surface area (TPSA) is 67.5 Å². The maximum absolute atomic E-state index is 4.85. The van der Waals surface area contributed by atoms with Crippen molar-refractivity contribution in [2.75, 3.05) is 11.9 Å². The van der Waals surface area contributed by atoms with Crippen molar-refractivity contribution in [2.45, 2.75) is 39.5 Å². The fourth-order valence-corrected chi connectivity index (χ4v) is 3.37. The molecule has 0 amide bonds. The third-order valence-electron chi connectivity index (χ3n) is 5.45. The number of rotatable bonds is 4. The standard InChI is InChI=1S/C20H22N6/c1-13-3-4-17-16(23-13)6-5-15(24-17)14-7-10-26-18(14)11-21-19(25-26)22-12-20(2)8-9-20/h5-7,10-11H,3-4,8-9,12H2,1-2H3,(H,22,25). The van der Waals surface area contributed by atoms with Gasteiger partial charge in [-0.15, -0.1) is 5.10 Å². The molecule has 0 radical (unpaired) electrons. The number of aromatic nitrogens is 4. The normalized spacial score (nSPS) is 17.7. The van der Waals surface area contributed by atoms with E-state index in [4.69, 9.17) is 4.98 Å². The van der Waals surface area contributed by atoms with Gasteiger partial charge in [0, 0.05) is 24.0 Å². The molecule has 6 nitrogen and oxygen atoms in total. The van der Waals surface area contributed by atoms with Crippen molar-refractivity contribution in [3.8, 4) is 11.3 Å². The molecule has 26 heavy (non-hydrogen) atoms. The molecule has 0 spiro atoms. The van der Waals surface area contributed by atoms with E-state index in [9.17, 15) is 0 Å². The molecule has 3 aromatic heterocycles. The molecule has 0 atom stereocenters. The molecular formula is C20H22N6. The third kappa shape index (κ3) is 2.75. The molecule has 1 aliphatic heterocycles. The van der Waals surface area contributed by atoms with Crippen molar-refractivity contribution in [1.82, 2.24) is 19.6 Å². The van der Waals surface area contributed by atoms with E-state index >= 15 is 0 Å². The average molecular weight is 346 g/mol. The fraction of sp³-hybridized carbons (Fsp3) is 0.400. The van der Waals surface area contributed by atoms with E-state index in [0.29, 0.717) is 11.4 Å². The van der Waals surface area contributed by atoms with E-state index in [-0.39, 0.29) is 0 Å². The Balaban J connectivity index is 1.46. The van der Waals surface area contributed by atoms with Gasteiger partial charge in [-0.25, -0.2) is 9.50 Å². The van der Waals surface area contributed by atoms with Gasteiger partial charge >= 0.3 is 0 Å².